The summed E-state index contributed by atoms with van der Waals surface area (Å²) in [6.07, 6.45) is 19.0. The second-order valence-corrected chi connectivity index (χ2v) is 13.7. The third-order valence-corrected chi connectivity index (χ3v) is 12.4. The largest absolute Gasteiger partial charge is 0.388 e. The van der Waals surface area contributed by atoms with E-state index in [1.54, 1.807) is 11.3 Å². The first-order chi connectivity index (χ1) is 15.5. The lowest BCUT2D eigenvalue weighted by Gasteiger charge is -2.09. The van der Waals surface area contributed by atoms with Crippen molar-refractivity contribution >= 4 is 63.1 Å². The minimum absolute atomic E-state index is 0.308. The maximum Gasteiger partial charge on any atom is 0.236 e. The Kier molecular flexibility index (Phi) is 14.6. The maximum absolute atomic E-state index is 11.0. The van der Waals surface area contributed by atoms with Crippen molar-refractivity contribution in [3.63, 3.8) is 0 Å². The van der Waals surface area contributed by atoms with Crippen LogP contribution in [0.15, 0.2) is 14.3 Å². The quantitative estimate of drug-likeness (QED) is 0.130. The van der Waals surface area contributed by atoms with Crippen molar-refractivity contribution in [3.05, 3.63) is 19.2 Å². The van der Waals surface area contributed by atoms with Crippen molar-refractivity contribution < 1.29 is 10.2 Å². The van der Waals surface area contributed by atoms with E-state index in [1.807, 2.05) is 0 Å². The van der Waals surface area contributed by atoms with Crippen molar-refractivity contribution in [1.29, 1.82) is 0 Å². The van der Waals surface area contributed by atoms with Gasteiger partial charge in [0.05, 0.1) is 19.9 Å². The molecule has 0 aromatic carbocycles. The Labute approximate surface area is 219 Å². The van der Waals surface area contributed by atoms with E-state index in [9.17, 15) is 10.2 Å². The molecule has 2 aromatic heterocycles. The summed E-state index contributed by atoms with van der Waals surface area (Å²) in [4.78, 5) is 1.03. The first kappa shape index (κ1) is 28.8. The minimum atomic E-state index is -0.415. The fourth-order valence-electron chi connectivity index (χ4n) is 4.26. The van der Waals surface area contributed by atoms with Gasteiger partial charge in [-0.05, 0) is 44.7 Å². The highest BCUT2D eigenvalue weighted by Crippen LogP contribution is 2.54. The second kappa shape index (κ2) is 16.3. The van der Waals surface area contributed by atoms with Crippen molar-refractivity contribution in [2.45, 2.75) is 128 Å². The molecule has 0 saturated carbocycles. The molecular weight excluding hydrogens is 568 g/mol. The van der Waals surface area contributed by atoms with Gasteiger partial charge in [-0.2, -0.15) is 0 Å². The van der Waals surface area contributed by atoms with Crippen LogP contribution in [0.5, 0.6) is 0 Å². The molecule has 0 spiro atoms. The zero-order chi connectivity index (χ0) is 23.3. The molecule has 2 aromatic rings. The van der Waals surface area contributed by atoms with Gasteiger partial charge in [0.15, 0.2) is 5.38 Å². The van der Waals surface area contributed by atoms with Gasteiger partial charge in [-0.25, -0.2) is 0 Å². The molecule has 184 valence electrons. The molecule has 32 heavy (non-hydrogen) atoms. The molecule has 2 heterocycles. The number of aliphatic hydroxyl groups excluding tert-OH is 2. The Hall–Kier alpha value is 0.540. The highest BCUT2D eigenvalue weighted by Gasteiger charge is 2.31. The van der Waals surface area contributed by atoms with Gasteiger partial charge < -0.3 is 10.2 Å². The average molecular weight is 612 g/mol. The normalized spacial score (nSPS) is 14.4. The SMILES string of the molecule is CCCCCCCCCC(O)c1sc2c(Br)c[s+](C(O)CCCCCCCCC)c2c1Br. The van der Waals surface area contributed by atoms with E-state index in [0.717, 1.165) is 39.5 Å². The summed E-state index contributed by atoms with van der Waals surface area (Å²) >= 11 is 9.20. The highest BCUT2D eigenvalue weighted by molar-refractivity contribution is 9.11. The second-order valence-electron chi connectivity index (χ2n) is 9.07. The minimum Gasteiger partial charge on any atom is -0.388 e. The monoisotopic (exact) mass is 609 g/mol. The van der Waals surface area contributed by atoms with Crippen LogP contribution < -0.4 is 0 Å². The van der Waals surface area contributed by atoms with Crippen LogP contribution in [0.25, 0.3) is 9.40 Å². The van der Waals surface area contributed by atoms with Gasteiger partial charge in [0, 0.05) is 16.9 Å². The number of halogens is 2. The van der Waals surface area contributed by atoms with E-state index in [2.05, 4.69) is 51.1 Å². The third-order valence-electron chi connectivity index (χ3n) is 6.25. The fraction of sp³-hybridized carbons (Fsp3) is 0.769. The molecule has 3 unspecified atom stereocenters. The van der Waals surface area contributed by atoms with E-state index in [4.69, 9.17) is 0 Å². The smallest absolute Gasteiger partial charge is 0.236 e. The van der Waals surface area contributed by atoms with Gasteiger partial charge in [-0.15, -0.1) is 11.3 Å². The van der Waals surface area contributed by atoms with Crippen LogP contribution in [0.3, 0.4) is 0 Å². The molecule has 2 nitrogen and oxygen atoms in total. The molecule has 3 atom stereocenters. The molecule has 0 bridgehead atoms. The Bertz CT molecular complexity index is 772. The molecule has 0 amide bonds. The van der Waals surface area contributed by atoms with Crippen LogP contribution in [0.2, 0.25) is 0 Å². The molecule has 0 saturated heterocycles. The van der Waals surface area contributed by atoms with Crippen LogP contribution in [0.4, 0.5) is 0 Å². The molecule has 6 heteroatoms. The molecular formula is C26H43Br2O2S2+. The van der Waals surface area contributed by atoms with Crippen molar-refractivity contribution in [2.75, 3.05) is 0 Å². The number of unbranched alkanes of at least 4 members (excludes halogenated alkanes) is 12. The van der Waals surface area contributed by atoms with Gasteiger partial charge in [-0.1, -0.05) is 97.3 Å². The van der Waals surface area contributed by atoms with E-state index in [0.29, 0.717) is 0 Å². The van der Waals surface area contributed by atoms with Crippen LogP contribution >= 0.6 is 53.7 Å². The van der Waals surface area contributed by atoms with Gasteiger partial charge in [0.1, 0.15) is 4.70 Å². The van der Waals surface area contributed by atoms with Crippen LogP contribution in [0.1, 0.15) is 133 Å². The van der Waals surface area contributed by atoms with Crippen LogP contribution in [0, 0.1) is 0 Å². The predicted octanol–water partition coefficient (Wildman–Crippen LogP) is 11.0. The average Bonchev–Trinajstić information content (AvgIpc) is 3.29. The molecule has 0 aliphatic rings. The van der Waals surface area contributed by atoms with E-state index in [-0.39, 0.29) is 15.9 Å². The summed E-state index contributed by atoms with van der Waals surface area (Å²) in [7, 11) is -0.308. The summed E-state index contributed by atoms with van der Waals surface area (Å²) in [6, 6.07) is 0. The summed E-state index contributed by atoms with van der Waals surface area (Å²) in [5.74, 6) is 0. The third kappa shape index (κ3) is 8.96. The lowest BCUT2D eigenvalue weighted by molar-refractivity contribution is 0.166. The molecule has 2 N–H and O–H groups in total. The van der Waals surface area contributed by atoms with Gasteiger partial charge in [0.25, 0.3) is 0 Å². The number of fused-ring (bicyclic) bond motifs is 1. The van der Waals surface area contributed by atoms with Crippen LogP contribution in [-0.4, -0.2) is 10.2 Å². The molecule has 0 aliphatic carbocycles. The zero-order valence-electron chi connectivity index (χ0n) is 20.0. The van der Waals surface area contributed by atoms with Gasteiger partial charge in [0.2, 0.25) is 10.1 Å². The van der Waals surface area contributed by atoms with Crippen molar-refractivity contribution in [3.8, 4) is 0 Å². The Morgan fingerprint density at radius 2 is 1.28 bits per heavy atom. The molecule has 2 rings (SSSR count). The molecule has 0 fully saturated rings. The lowest BCUT2D eigenvalue weighted by atomic mass is 10.1. The number of aliphatic hydroxyl groups is 2. The lowest BCUT2D eigenvalue weighted by Crippen LogP contribution is -1.96. The fourth-order valence-corrected chi connectivity index (χ4v) is 10.4. The number of thiophene rings is 2. The topological polar surface area (TPSA) is 40.5 Å². The molecule has 0 aliphatic heterocycles. The van der Waals surface area contributed by atoms with Gasteiger partial charge in [-0.3, -0.25) is 0 Å². The molecule has 0 radical (unpaired) electrons. The van der Waals surface area contributed by atoms with Crippen LogP contribution in [-0.2, 0) is 0 Å². The predicted molar refractivity (Wildman–Crippen MR) is 151 cm³/mol. The summed E-state index contributed by atoms with van der Waals surface area (Å²) in [6.45, 7) is 4.50. The van der Waals surface area contributed by atoms with Crippen molar-refractivity contribution in [1.82, 2.24) is 0 Å². The van der Waals surface area contributed by atoms with Gasteiger partial charge >= 0.3 is 0 Å². The Morgan fingerprint density at radius 1 is 0.781 bits per heavy atom. The first-order valence-corrected chi connectivity index (χ1v) is 16.5. The first-order valence-electron chi connectivity index (χ1n) is 12.8. The summed E-state index contributed by atoms with van der Waals surface area (Å²) < 4.78 is 4.49. The Balaban J connectivity index is 1.89. The number of hydrogen-bond acceptors (Lipinski definition) is 3. The van der Waals surface area contributed by atoms with E-state index < -0.39 is 6.10 Å². The van der Waals surface area contributed by atoms with E-state index >= 15 is 0 Å². The number of hydrogen-bond donors (Lipinski definition) is 2. The highest BCUT2D eigenvalue weighted by atomic mass is 79.9. The number of rotatable bonds is 18. The summed E-state index contributed by atoms with van der Waals surface area (Å²) in [5, 5.41) is 24.0. The van der Waals surface area contributed by atoms with E-state index in [1.165, 1.54) is 86.4 Å². The standard InChI is InChI=1S/C26H43Br2O2S2/c1-3-5-7-9-11-13-15-17-21(29)25-23(28)26-24(31-25)20(27)19-32(26)22(30)18-16-14-12-10-8-6-4-2/h19,21-22,29-30H,3-18H2,1-2H3/q+1. The van der Waals surface area contributed by atoms with Crippen molar-refractivity contribution in [2.24, 2.45) is 0 Å². The zero-order valence-corrected chi connectivity index (χ0v) is 24.8. The summed E-state index contributed by atoms with van der Waals surface area (Å²) in [5.41, 5.74) is -0.335. The maximum atomic E-state index is 11.0. The Morgan fingerprint density at radius 3 is 1.84 bits per heavy atom.